The second-order valence-corrected chi connectivity index (χ2v) is 11.7. The van der Waals surface area contributed by atoms with Crippen molar-refractivity contribution < 1.29 is 37.0 Å². The lowest BCUT2D eigenvalue weighted by atomic mass is 10.1. The maximum atomic E-state index is 12.9. The second kappa shape index (κ2) is 14.3. The summed E-state index contributed by atoms with van der Waals surface area (Å²) in [6, 6.07) is 14.6. The Hall–Kier alpha value is -4.92. The van der Waals surface area contributed by atoms with E-state index in [9.17, 15) is 22.8 Å². The number of methoxy groups -OCH3 is 2. The number of hydrogen-bond acceptors (Lipinski definition) is 10. The molecule has 0 saturated carbocycles. The standard InChI is InChI=1S/C28H34N6O8S/c1-28(2,3)42-27(37)31-21(15-18-9-7-6-8-10-18)25(36)29-17-23(35)30-19-11-13-20(14-12-19)43(38,39)34-22-16-24(40-4)33-26(32-22)41-5/h6-14,16,21H,15,17H2,1-5H3,(H,29,36)(H,30,35)(H,31,37)(H,32,33,34)/t21-/m0/s1. The van der Waals surface area contributed by atoms with Crippen LogP contribution in [0, 0.1) is 0 Å². The van der Waals surface area contributed by atoms with E-state index in [0.29, 0.717) is 0 Å². The minimum absolute atomic E-state index is 0.0662. The third kappa shape index (κ3) is 10.5. The van der Waals surface area contributed by atoms with Crippen LogP contribution < -0.4 is 30.1 Å². The van der Waals surface area contributed by atoms with Crippen LogP contribution >= 0.6 is 0 Å². The molecular weight excluding hydrogens is 580 g/mol. The van der Waals surface area contributed by atoms with Crippen molar-refractivity contribution in [3.05, 3.63) is 66.2 Å². The number of nitrogens with zero attached hydrogens (tertiary/aromatic N) is 2. The molecule has 1 atom stereocenters. The first kappa shape index (κ1) is 32.6. The van der Waals surface area contributed by atoms with E-state index >= 15 is 0 Å². The molecule has 0 bridgehead atoms. The first-order valence-electron chi connectivity index (χ1n) is 13.0. The van der Waals surface area contributed by atoms with E-state index < -0.39 is 46.1 Å². The number of anilines is 2. The Morgan fingerprint density at radius 2 is 1.60 bits per heavy atom. The van der Waals surface area contributed by atoms with Crippen LogP contribution in [0.1, 0.15) is 26.3 Å². The monoisotopic (exact) mass is 614 g/mol. The molecule has 3 aromatic rings. The molecule has 2 aromatic carbocycles. The zero-order valence-corrected chi connectivity index (χ0v) is 25.2. The Balaban J connectivity index is 1.60. The molecule has 0 spiro atoms. The van der Waals surface area contributed by atoms with Gasteiger partial charge in [0, 0.05) is 18.2 Å². The number of aromatic nitrogens is 2. The van der Waals surface area contributed by atoms with E-state index in [-0.39, 0.29) is 34.7 Å². The van der Waals surface area contributed by atoms with Crippen molar-refractivity contribution in [3.8, 4) is 11.9 Å². The van der Waals surface area contributed by atoms with Crippen molar-refractivity contribution in [2.24, 2.45) is 0 Å². The summed E-state index contributed by atoms with van der Waals surface area (Å²) in [5.74, 6) is -1.13. The minimum atomic E-state index is -4.05. The van der Waals surface area contributed by atoms with Gasteiger partial charge in [0.1, 0.15) is 11.6 Å². The van der Waals surface area contributed by atoms with Crippen LogP contribution in [0.4, 0.5) is 16.3 Å². The number of carbonyl (C=O) groups is 3. The molecule has 0 aliphatic rings. The number of carbonyl (C=O) groups excluding carboxylic acids is 3. The number of rotatable bonds is 12. The van der Waals surface area contributed by atoms with Crippen molar-refractivity contribution in [3.63, 3.8) is 0 Å². The lowest BCUT2D eigenvalue weighted by Gasteiger charge is -2.23. The molecule has 43 heavy (non-hydrogen) atoms. The predicted molar refractivity (Wildman–Crippen MR) is 157 cm³/mol. The summed E-state index contributed by atoms with van der Waals surface area (Å²) in [4.78, 5) is 45.6. The van der Waals surface area contributed by atoms with E-state index in [1.54, 1.807) is 20.8 Å². The van der Waals surface area contributed by atoms with Gasteiger partial charge in [-0.1, -0.05) is 30.3 Å². The first-order chi connectivity index (χ1) is 20.3. The lowest BCUT2D eigenvalue weighted by Crippen LogP contribution is -2.50. The molecule has 1 heterocycles. The summed E-state index contributed by atoms with van der Waals surface area (Å²) in [5, 5.41) is 7.65. The van der Waals surface area contributed by atoms with Gasteiger partial charge in [0.05, 0.1) is 25.7 Å². The van der Waals surface area contributed by atoms with Gasteiger partial charge in [-0.3, -0.25) is 14.3 Å². The van der Waals surface area contributed by atoms with Gasteiger partial charge in [0.2, 0.25) is 17.7 Å². The Bertz CT molecular complexity index is 1500. The molecule has 0 radical (unpaired) electrons. The average molecular weight is 615 g/mol. The van der Waals surface area contributed by atoms with Crippen LogP contribution in [0.2, 0.25) is 0 Å². The molecule has 0 aliphatic heterocycles. The van der Waals surface area contributed by atoms with Crippen molar-refractivity contribution in [2.45, 2.75) is 43.7 Å². The summed E-state index contributed by atoms with van der Waals surface area (Å²) in [6.45, 7) is 4.71. The number of alkyl carbamates (subject to hydrolysis) is 1. The van der Waals surface area contributed by atoms with Gasteiger partial charge in [-0.25, -0.2) is 13.2 Å². The van der Waals surface area contributed by atoms with Gasteiger partial charge in [0.25, 0.3) is 10.0 Å². The van der Waals surface area contributed by atoms with Gasteiger partial charge < -0.3 is 30.2 Å². The quantitative estimate of drug-likeness (QED) is 0.236. The molecule has 230 valence electrons. The molecule has 3 rings (SSSR count). The fourth-order valence-corrected chi connectivity index (χ4v) is 4.56. The maximum Gasteiger partial charge on any atom is 0.408 e. The number of hydrogen-bond donors (Lipinski definition) is 4. The number of nitrogens with one attached hydrogen (secondary N) is 4. The number of amides is 3. The molecule has 0 saturated heterocycles. The predicted octanol–water partition coefficient (Wildman–Crippen LogP) is 2.49. The number of sulfonamides is 1. The van der Waals surface area contributed by atoms with Gasteiger partial charge >= 0.3 is 12.1 Å². The Morgan fingerprint density at radius 1 is 0.930 bits per heavy atom. The molecule has 1 aromatic heterocycles. The second-order valence-electron chi connectivity index (χ2n) is 10.1. The Labute approximate surface area is 249 Å². The average Bonchev–Trinajstić information content (AvgIpc) is 2.95. The first-order valence-corrected chi connectivity index (χ1v) is 14.5. The van der Waals surface area contributed by atoms with Crippen LogP contribution in [-0.4, -0.2) is 68.7 Å². The Morgan fingerprint density at radius 3 is 2.21 bits per heavy atom. The van der Waals surface area contributed by atoms with Crippen molar-refractivity contribution >= 4 is 39.4 Å². The van der Waals surface area contributed by atoms with Crippen LogP contribution in [0.3, 0.4) is 0 Å². The third-order valence-corrected chi connectivity index (χ3v) is 6.85. The summed E-state index contributed by atoms with van der Waals surface area (Å²) in [6.07, 6.45) is -0.595. The van der Waals surface area contributed by atoms with Crippen LogP contribution in [0.5, 0.6) is 11.9 Å². The van der Waals surface area contributed by atoms with Gasteiger partial charge in [-0.05, 0) is 50.6 Å². The van der Waals surface area contributed by atoms with Gasteiger partial charge in [-0.2, -0.15) is 9.97 Å². The fraction of sp³-hybridized carbons (Fsp3) is 0.321. The molecular formula is C28H34N6O8S. The molecule has 3 amide bonds. The summed E-state index contributed by atoms with van der Waals surface area (Å²) >= 11 is 0. The van der Waals surface area contributed by atoms with E-state index in [2.05, 4.69) is 30.6 Å². The maximum absolute atomic E-state index is 12.9. The summed E-state index contributed by atoms with van der Waals surface area (Å²) in [5.41, 5.74) is 0.321. The van der Waals surface area contributed by atoms with E-state index in [4.69, 9.17) is 14.2 Å². The van der Waals surface area contributed by atoms with Crippen LogP contribution in [0.15, 0.2) is 65.6 Å². The van der Waals surface area contributed by atoms with Crippen molar-refractivity contribution in [2.75, 3.05) is 30.8 Å². The molecule has 15 heteroatoms. The SMILES string of the molecule is COc1cc(NS(=O)(=O)c2ccc(NC(=O)CNC(=O)[C@H](Cc3ccccc3)NC(=O)OC(C)(C)C)cc2)nc(OC)n1. The minimum Gasteiger partial charge on any atom is -0.481 e. The number of ether oxygens (including phenoxy) is 3. The smallest absolute Gasteiger partial charge is 0.408 e. The van der Waals surface area contributed by atoms with Crippen LogP contribution in [0.25, 0.3) is 0 Å². The topological polar surface area (TPSA) is 187 Å². The Kier molecular flexibility index (Phi) is 10.8. The molecule has 0 aliphatic carbocycles. The summed E-state index contributed by atoms with van der Waals surface area (Å²) < 4.78 is 43.2. The normalized spacial score (nSPS) is 11.9. The zero-order chi connectivity index (χ0) is 31.6. The van der Waals surface area contributed by atoms with E-state index in [1.807, 2.05) is 30.3 Å². The number of benzene rings is 2. The van der Waals surface area contributed by atoms with E-state index in [1.165, 1.54) is 44.6 Å². The van der Waals surface area contributed by atoms with Crippen molar-refractivity contribution in [1.82, 2.24) is 20.6 Å². The van der Waals surface area contributed by atoms with Crippen LogP contribution in [-0.2, 0) is 30.8 Å². The highest BCUT2D eigenvalue weighted by atomic mass is 32.2. The van der Waals surface area contributed by atoms with Gasteiger partial charge in [0.15, 0.2) is 5.82 Å². The molecule has 4 N–H and O–H groups in total. The van der Waals surface area contributed by atoms with Gasteiger partial charge in [-0.15, -0.1) is 0 Å². The zero-order valence-electron chi connectivity index (χ0n) is 24.3. The highest BCUT2D eigenvalue weighted by Gasteiger charge is 2.25. The van der Waals surface area contributed by atoms with Crippen molar-refractivity contribution in [1.29, 1.82) is 0 Å². The molecule has 14 nitrogen and oxygen atoms in total. The molecule has 0 fully saturated rings. The highest BCUT2D eigenvalue weighted by molar-refractivity contribution is 7.92. The fourth-order valence-electron chi connectivity index (χ4n) is 3.57. The van der Waals surface area contributed by atoms with E-state index in [0.717, 1.165) is 5.56 Å². The largest absolute Gasteiger partial charge is 0.481 e. The third-order valence-electron chi connectivity index (χ3n) is 5.47. The molecule has 0 unspecified atom stereocenters. The highest BCUT2D eigenvalue weighted by Crippen LogP contribution is 2.21. The summed E-state index contributed by atoms with van der Waals surface area (Å²) in [7, 11) is -1.36. The lowest BCUT2D eigenvalue weighted by molar-refractivity contribution is -0.125.